The summed E-state index contributed by atoms with van der Waals surface area (Å²) in [6.45, 7) is 2.09. The molecule has 0 bridgehead atoms. The fraction of sp³-hybridized carbons (Fsp3) is 0.243. The highest BCUT2D eigenvalue weighted by atomic mass is 79.9. The second-order valence-corrected chi connectivity index (χ2v) is 13.2. The number of imide groups is 2. The lowest BCUT2D eigenvalue weighted by atomic mass is 9.91. The number of carbonyl (C=O) groups excluding carboxylic acids is 5. The van der Waals surface area contributed by atoms with Gasteiger partial charge in [0.2, 0.25) is 11.8 Å². The van der Waals surface area contributed by atoms with Crippen LogP contribution in [0.2, 0.25) is 0 Å². The number of halogens is 1. The van der Waals surface area contributed by atoms with Crippen molar-refractivity contribution in [2.45, 2.75) is 44.2 Å². The van der Waals surface area contributed by atoms with Crippen molar-refractivity contribution in [3.8, 4) is 22.8 Å². The van der Waals surface area contributed by atoms with Gasteiger partial charge in [0.1, 0.15) is 17.5 Å². The molecule has 1 unspecified atom stereocenters. The molecule has 0 radical (unpaired) electrons. The number of likely N-dealkylation sites (tertiary alicyclic amines) is 1. The van der Waals surface area contributed by atoms with Gasteiger partial charge in [0.15, 0.2) is 0 Å². The van der Waals surface area contributed by atoms with Gasteiger partial charge in [-0.05, 0) is 108 Å². The van der Waals surface area contributed by atoms with Crippen LogP contribution in [0, 0.1) is 0 Å². The van der Waals surface area contributed by atoms with Crippen LogP contribution in [0.4, 0.5) is 0 Å². The van der Waals surface area contributed by atoms with Crippen molar-refractivity contribution in [2.24, 2.45) is 5.73 Å². The molecule has 0 saturated carbocycles. The molecule has 5 amide bonds. The second kappa shape index (κ2) is 13.4. The molecule has 3 aliphatic rings. The van der Waals surface area contributed by atoms with Crippen molar-refractivity contribution in [3.63, 3.8) is 0 Å². The van der Waals surface area contributed by atoms with Crippen molar-refractivity contribution in [1.29, 1.82) is 0 Å². The largest absolute Gasteiger partial charge is 0.457 e. The number of pyridine rings is 1. The van der Waals surface area contributed by atoms with E-state index in [9.17, 15) is 24.0 Å². The quantitative estimate of drug-likeness (QED) is 0.236. The summed E-state index contributed by atoms with van der Waals surface area (Å²) in [5.41, 5.74) is 9.61. The number of amides is 5. The van der Waals surface area contributed by atoms with Gasteiger partial charge in [-0.2, -0.15) is 0 Å². The smallest absolute Gasteiger partial charge is 0.263 e. The Morgan fingerprint density at radius 3 is 2.29 bits per heavy atom. The number of ether oxygens (including phenoxy) is 1. The van der Waals surface area contributed by atoms with E-state index < -0.39 is 35.6 Å². The van der Waals surface area contributed by atoms with Crippen molar-refractivity contribution in [3.05, 3.63) is 111 Å². The fourth-order valence-electron chi connectivity index (χ4n) is 6.74. The zero-order valence-electron chi connectivity index (χ0n) is 26.4. The molecule has 49 heavy (non-hydrogen) atoms. The molecule has 2 fully saturated rings. The Morgan fingerprint density at radius 2 is 1.59 bits per heavy atom. The Morgan fingerprint density at radius 1 is 0.878 bits per heavy atom. The predicted octanol–water partition coefficient (Wildman–Crippen LogP) is 5.18. The van der Waals surface area contributed by atoms with Gasteiger partial charge in [0.05, 0.1) is 22.4 Å². The summed E-state index contributed by atoms with van der Waals surface area (Å²) >= 11 is 3.58. The van der Waals surface area contributed by atoms with Gasteiger partial charge >= 0.3 is 0 Å². The molecular formula is C37H32BrN5O6. The summed E-state index contributed by atoms with van der Waals surface area (Å²) in [6, 6.07) is 23.0. The highest BCUT2D eigenvalue weighted by Gasteiger charge is 2.45. The normalized spacial score (nSPS) is 18.4. The summed E-state index contributed by atoms with van der Waals surface area (Å²) in [4.78, 5) is 71.2. The summed E-state index contributed by atoms with van der Waals surface area (Å²) in [7, 11) is 0. The molecule has 1 atom stereocenters. The molecule has 248 valence electrons. The lowest BCUT2D eigenvalue weighted by Crippen LogP contribution is -2.54. The molecule has 0 aliphatic carbocycles. The van der Waals surface area contributed by atoms with Crippen LogP contribution in [-0.4, -0.2) is 63.5 Å². The minimum atomic E-state index is -1.02. The number of benzene rings is 3. The van der Waals surface area contributed by atoms with E-state index in [0.29, 0.717) is 28.0 Å². The first-order chi connectivity index (χ1) is 23.7. The van der Waals surface area contributed by atoms with Crippen LogP contribution >= 0.6 is 15.9 Å². The fourth-order valence-corrected chi connectivity index (χ4v) is 7.38. The van der Waals surface area contributed by atoms with Crippen molar-refractivity contribution >= 4 is 45.5 Å². The maximum atomic E-state index is 13.4. The van der Waals surface area contributed by atoms with Crippen LogP contribution < -0.4 is 15.8 Å². The van der Waals surface area contributed by atoms with E-state index in [1.807, 2.05) is 66.7 Å². The molecule has 1 aromatic heterocycles. The summed E-state index contributed by atoms with van der Waals surface area (Å²) in [6.07, 6.45) is 1.83. The number of nitrogens with zero attached hydrogens (tertiary/aromatic N) is 3. The first-order valence-electron chi connectivity index (χ1n) is 16.1. The van der Waals surface area contributed by atoms with Crippen LogP contribution in [0.3, 0.4) is 0 Å². The van der Waals surface area contributed by atoms with Gasteiger partial charge in [0.25, 0.3) is 17.7 Å². The van der Waals surface area contributed by atoms with E-state index in [1.54, 1.807) is 12.1 Å². The highest BCUT2D eigenvalue weighted by Crippen LogP contribution is 2.37. The molecule has 2 saturated heterocycles. The predicted molar refractivity (Wildman–Crippen MR) is 183 cm³/mol. The van der Waals surface area contributed by atoms with Crippen molar-refractivity contribution in [2.75, 3.05) is 13.1 Å². The number of para-hydroxylation sites is 1. The summed E-state index contributed by atoms with van der Waals surface area (Å²) in [5, 5.41) is 2.23. The zero-order chi connectivity index (χ0) is 34.2. The van der Waals surface area contributed by atoms with Crippen molar-refractivity contribution < 1.29 is 28.7 Å². The summed E-state index contributed by atoms with van der Waals surface area (Å²) in [5.74, 6) is -1.11. The average Bonchev–Trinajstić information content (AvgIpc) is 3.36. The number of rotatable bonds is 8. The minimum absolute atomic E-state index is 0.0655. The lowest BCUT2D eigenvalue weighted by molar-refractivity contribution is -0.136. The van der Waals surface area contributed by atoms with E-state index >= 15 is 0 Å². The number of nitrogens with two attached hydrogens (primary N) is 1. The molecule has 3 aromatic carbocycles. The number of nitrogens with one attached hydrogen (secondary N) is 1. The maximum absolute atomic E-state index is 13.4. The third kappa shape index (κ3) is 6.36. The van der Waals surface area contributed by atoms with Crippen molar-refractivity contribution in [1.82, 2.24) is 20.1 Å². The standard InChI is InChI=1S/C37H32BrN5O6/c38-32-23(8-11-26-31(32)37(48)43(36(26)47)29-14-15-30(44)41-35(29)46)20-42-18-16-21(17-19-42)28-13-12-27(34(39)45)33(40-28)22-6-9-25(10-7-22)49-24-4-2-1-3-5-24/h1-13,21,29H,14-20H2,(H2,39,45)(H,41,44,46). The molecule has 4 heterocycles. The summed E-state index contributed by atoms with van der Waals surface area (Å²) < 4.78 is 6.45. The number of piperidine rings is 2. The number of hydrogen-bond acceptors (Lipinski definition) is 8. The number of carbonyl (C=O) groups is 5. The van der Waals surface area contributed by atoms with E-state index in [2.05, 4.69) is 26.1 Å². The van der Waals surface area contributed by atoms with Gasteiger partial charge in [-0.1, -0.05) is 24.3 Å². The molecule has 0 spiro atoms. The van der Waals surface area contributed by atoms with Gasteiger partial charge in [-0.3, -0.25) is 44.1 Å². The van der Waals surface area contributed by atoms with E-state index in [1.165, 1.54) is 0 Å². The molecule has 3 N–H and O–H groups in total. The van der Waals surface area contributed by atoms with E-state index in [-0.39, 0.29) is 29.9 Å². The molecular weight excluding hydrogens is 690 g/mol. The van der Waals surface area contributed by atoms with Crippen LogP contribution in [0.25, 0.3) is 11.3 Å². The topological polar surface area (TPSA) is 152 Å². The third-order valence-corrected chi connectivity index (χ3v) is 10.2. The Hall–Kier alpha value is -5.20. The van der Waals surface area contributed by atoms with E-state index in [4.69, 9.17) is 15.5 Å². The van der Waals surface area contributed by atoms with Crippen LogP contribution in [0.1, 0.15) is 73.9 Å². The Labute approximate surface area is 290 Å². The first kappa shape index (κ1) is 32.4. The SMILES string of the molecule is NC(=O)c1ccc(C2CCN(Cc3ccc4c(c3Br)C(=O)N(C3CCC(=O)NC3=O)C4=O)CC2)nc1-c1ccc(Oc2ccccc2)cc1. The Bertz CT molecular complexity index is 1990. The number of primary amides is 1. The maximum Gasteiger partial charge on any atom is 0.263 e. The number of hydrogen-bond donors (Lipinski definition) is 2. The average molecular weight is 723 g/mol. The molecule has 11 nitrogen and oxygen atoms in total. The van der Waals surface area contributed by atoms with Crippen LogP contribution in [-0.2, 0) is 16.1 Å². The number of aromatic nitrogens is 1. The zero-order valence-corrected chi connectivity index (χ0v) is 27.9. The molecule has 3 aliphatic heterocycles. The highest BCUT2D eigenvalue weighted by molar-refractivity contribution is 9.10. The lowest BCUT2D eigenvalue weighted by Gasteiger charge is -2.32. The molecule has 12 heteroatoms. The second-order valence-electron chi connectivity index (χ2n) is 12.4. The van der Waals surface area contributed by atoms with Gasteiger partial charge in [0, 0.05) is 34.6 Å². The van der Waals surface area contributed by atoms with Crippen LogP contribution in [0.15, 0.2) is 83.3 Å². The van der Waals surface area contributed by atoms with Gasteiger partial charge < -0.3 is 10.5 Å². The molecule has 7 rings (SSSR count). The van der Waals surface area contributed by atoms with E-state index in [0.717, 1.165) is 53.4 Å². The van der Waals surface area contributed by atoms with Crippen LogP contribution in [0.5, 0.6) is 11.5 Å². The Kier molecular flexibility index (Phi) is 8.82. The number of fused-ring (bicyclic) bond motifs is 1. The molecule has 4 aromatic rings. The first-order valence-corrected chi connectivity index (χ1v) is 16.9. The third-order valence-electron chi connectivity index (χ3n) is 9.31. The Balaban J connectivity index is 1.03. The monoisotopic (exact) mass is 721 g/mol. The van der Waals surface area contributed by atoms with Gasteiger partial charge in [-0.15, -0.1) is 0 Å². The minimum Gasteiger partial charge on any atom is -0.457 e. The van der Waals surface area contributed by atoms with Gasteiger partial charge in [-0.25, -0.2) is 0 Å².